The summed E-state index contributed by atoms with van der Waals surface area (Å²) in [5.41, 5.74) is 2.15. The summed E-state index contributed by atoms with van der Waals surface area (Å²) >= 11 is 1.74. The van der Waals surface area contributed by atoms with E-state index in [9.17, 15) is 0 Å². The van der Waals surface area contributed by atoms with E-state index in [4.69, 9.17) is 0 Å². The van der Waals surface area contributed by atoms with Crippen molar-refractivity contribution in [1.29, 1.82) is 0 Å². The molecule has 0 aliphatic heterocycles. The van der Waals surface area contributed by atoms with E-state index in [0.717, 1.165) is 35.2 Å². The standard InChI is InChI=1S/C18H22N6S.HI/c1-14-10-21-17(25-14)8-9-20-18(19-2)22-11-15-12-23-24(13-15)16-6-4-3-5-7-16;/h3-7,10,12-13H,8-9,11H2,1-2H3,(H2,19,20,22);1H. The Balaban J connectivity index is 0.00000243. The van der Waals surface area contributed by atoms with Crippen molar-refractivity contribution in [3.63, 3.8) is 0 Å². The minimum absolute atomic E-state index is 0. The summed E-state index contributed by atoms with van der Waals surface area (Å²) in [7, 11) is 1.77. The van der Waals surface area contributed by atoms with Crippen molar-refractivity contribution in [3.05, 3.63) is 64.4 Å². The van der Waals surface area contributed by atoms with Gasteiger partial charge in [0.05, 0.1) is 16.9 Å². The maximum absolute atomic E-state index is 4.40. The van der Waals surface area contributed by atoms with Crippen LogP contribution < -0.4 is 10.6 Å². The average Bonchev–Trinajstić information content (AvgIpc) is 3.28. The van der Waals surface area contributed by atoms with Gasteiger partial charge >= 0.3 is 0 Å². The lowest BCUT2D eigenvalue weighted by Gasteiger charge is -2.10. The molecule has 0 aliphatic rings. The zero-order chi connectivity index (χ0) is 17.5. The lowest BCUT2D eigenvalue weighted by molar-refractivity contribution is 0.791. The molecule has 3 rings (SSSR count). The highest BCUT2D eigenvalue weighted by Crippen LogP contribution is 2.11. The molecule has 2 N–H and O–H groups in total. The van der Waals surface area contributed by atoms with E-state index in [1.54, 1.807) is 18.4 Å². The molecule has 0 saturated carbocycles. The van der Waals surface area contributed by atoms with Gasteiger partial charge in [-0.05, 0) is 19.1 Å². The van der Waals surface area contributed by atoms with Gasteiger partial charge in [-0.15, -0.1) is 35.3 Å². The van der Waals surface area contributed by atoms with Gasteiger partial charge in [-0.25, -0.2) is 9.67 Å². The molecule has 0 radical (unpaired) electrons. The molecule has 0 bridgehead atoms. The van der Waals surface area contributed by atoms with Gasteiger partial charge in [0.15, 0.2) is 5.96 Å². The molecule has 0 amide bonds. The van der Waals surface area contributed by atoms with Crippen molar-refractivity contribution >= 4 is 41.3 Å². The van der Waals surface area contributed by atoms with Crippen LogP contribution in [0.5, 0.6) is 0 Å². The number of halogens is 1. The normalized spacial score (nSPS) is 11.1. The SMILES string of the molecule is CN=C(NCCc1ncc(C)s1)NCc1cnn(-c2ccccc2)c1.I. The second-order valence-electron chi connectivity index (χ2n) is 5.60. The maximum atomic E-state index is 4.40. The van der Waals surface area contributed by atoms with Crippen molar-refractivity contribution in [2.45, 2.75) is 19.9 Å². The van der Waals surface area contributed by atoms with Crippen molar-refractivity contribution in [1.82, 2.24) is 25.4 Å². The summed E-state index contributed by atoms with van der Waals surface area (Å²) in [6.45, 7) is 3.55. The number of rotatable bonds is 6. The van der Waals surface area contributed by atoms with Crippen LogP contribution >= 0.6 is 35.3 Å². The molecule has 0 unspecified atom stereocenters. The fourth-order valence-electron chi connectivity index (χ4n) is 2.38. The number of hydrogen-bond donors (Lipinski definition) is 2. The number of guanidine groups is 1. The van der Waals surface area contributed by atoms with Gasteiger partial charge in [-0.3, -0.25) is 4.99 Å². The van der Waals surface area contributed by atoms with Crippen LogP contribution in [0.15, 0.2) is 53.9 Å². The zero-order valence-electron chi connectivity index (χ0n) is 14.8. The first-order valence-corrected chi connectivity index (χ1v) is 9.01. The van der Waals surface area contributed by atoms with Gasteiger partial charge in [0.2, 0.25) is 0 Å². The molecule has 0 spiro atoms. The fraction of sp³-hybridized carbons (Fsp3) is 0.278. The zero-order valence-corrected chi connectivity index (χ0v) is 18.0. The molecule has 3 aromatic rings. The number of aliphatic imine (C=N–C) groups is 1. The molecule has 0 saturated heterocycles. The molecule has 2 heterocycles. The predicted molar refractivity (Wildman–Crippen MR) is 118 cm³/mol. The molecule has 26 heavy (non-hydrogen) atoms. The molecule has 8 heteroatoms. The Hall–Kier alpha value is -1.94. The minimum atomic E-state index is 0. The number of aryl methyl sites for hydroxylation is 1. The van der Waals surface area contributed by atoms with Gasteiger partial charge in [-0.2, -0.15) is 5.10 Å². The first-order chi connectivity index (χ1) is 12.2. The van der Waals surface area contributed by atoms with E-state index in [1.165, 1.54) is 4.88 Å². The van der Waals surface area contributed by atoms with Crippen LogP contribution in [-0.4, -0.2) is 34.3 Å². The van der Waals surface area contributed by atoms with Crippen LogP contribution in [0.3, 0.4) is 0 Å². The van der Waals surface area contributed by atoms with E-state index in [-0.39, 0.29) is 24.0 Å². The Labute approximate surface area is 174 Å². The maximum Gasteiger partial charge on any atom is 0.191 e. The second kappa shape index (κ2) is 10.3. The van der Waals surface area contributed by atoms with Gasteiger partial charge in [-0.1, -0.05) is 18.2 Å². The molecule has 2 aromatic heterocycles. The molecular weight excluding hydrogens is 459 g/mol. The highest BCUT2D eigenvalue weighted by Gasteiger charge is 2.03. The number of thiazole rings is 1. The van der Waals surface area contributed by atoms with Gasteiger partial charge < -0.3 is 10.6 Å². The van der Waals surface area contributed by atoms with E-state index in [2.05, 4.69) is 32.6 Å². The first kappa shape index (κ1) is 20.4. The molecular formula is C18H23IN6S. The van der Waals surface area contributed by atoms with E-state index in [1.807, 2.05) is 53.6 Å². The lowest BCUT2D eigenvalue weighted by Crippen LogP contribution is -2.37. The van der Waals surface area contributed by atoms with E-state index < -0.39 is 0 Å². The first-order valence-electron chi connectivity index (χ1n) is 8.19. The van der Waals surface area contributed by atoms with Gasteiger partial charge in [0.1, 0.15) is 0 Å². The Morgan fingerprint density at radius 3 is 2.69 bits per heavy atom. The third-order valence-electron chi connectivity index (χ3n) is 3.64. The third-order valence-corrected chi connectivity index (χ3v) is 4.61. The third kappa shape index (κ3) is 5.80. The number of hydrogen-bond acceptors (Lipinski definition) is 4. The summed E-state index contributed by atoms with van der Waals surface area (Å²) in [5.74, 6) is 0.778. The van der Waals surface area contributed by atoms with Crippen LogP contribution in [0.25, 0.3) is 5.69 Å². The highest BCUT2D eigenvalue weighted by molar-refractivity contribution is 14.0. The molecule has 6 nitrogen and oxygen atoms in total. The highest BCUT2D eigenvalue weighted by atomic mass is 127. The number of para-hydroxylation sites is 1. The fourth-order valence-corrected chi connectivity index (χ4v) is 3.17. The van der Waals surface area contributed by atoms with Crippen LogP contribution in [0.4, 0.5) is 0 Å². The number of nitrogens with zero attached hydrogens (tertiary/aromatic N) is 4. The summed E-state index contributed by atoms with van der Waals surface area (Å²) < 4.78 is 1.87. The molecule has 0 fully saturated rings. The van der Waals surface area contributed by atoms with Crippen LogP contribution in [-0.2, 0) is 13.0 Å². The van der Waals surface area contributed by atoms with Crippen molar-refractivity contribution in [3.8, 4) is 5.69 Å². The Bertz CT molecular complexity index is 827. The summed E-state index contributed by atoms with van der Waals surface area (Å²) in [4.78, 5) is 9.87. The van der Waals surface area contributed by atoms with Crippen molar-refractivity contribution in [2.75, 3.05) is 13.6 Å². The number of nitrogens with one attached hydrogen (secondary N) is 2. The topological polar surface area (TPSA) is 67.1 Å². The minimum Gasteiger partial charge on any atom is -0.356 e. The lowest BCUT2D eigenvalue weighted by atomic mass is 10.3. The quantitative estimate of drug-likeness (QED) is 0.322. The average molecular weight is 482 g/mol. The van der Waals surface area contributed by atoms with Gasteiger partial charge in [0.25, 0.3) is 0 Å². The molecule has 0 atom stereocenters. The number of benzene rings is 1. The monoisotopic (exact) mass is 482 g/mol. The molecule has 1 aromatic carbocycles. The summed E-state index contributed by atoms with van der Waals surface area (Å²) in [5, 5.41) is 12.2. The number of aromatic nitrogens is 3. The Morgan fingerprint density at radius 2 is 2.00 bits per heavy atom. The molecule has 0 aliphatic carbocycles. The van der Waals surface area contributed by atoms with Crippen molar-refractivity contribution < 1.29 is 0 Å². The second-order valence-corrected chi connectivity index (χ2v) is 6.92. The largest absolute Gasteiger partial charge is 0.356 e. The van der Waals surface area contributed by atoms with Crippen LogP contribution in [0, 0.1) is 6.92 Å². The van der Waals surface area contributed by atoms with E-state index in [0.29, 0.717) is 6.54 Å². The van der Waals surface area contributed by atoms with Crippen LogP contribution in [0.1, 0.15) is 15.4 Å². The van der Waals surface area contributed by atoms with Gasteiger partial charge in [0, 0.05) is 49.4 Å². The smallest absolute Gasteiger partial charge is 0.191 e. The van der Waals surface area contributed by atoms with Crippen LogP contribution in [0.2, 0.25) is 0 Å². The summed E-state index contributed by atoms with van der Waals surface area (Å²) in [6.07, 6.45) is 6.70. The predicted octanol–water partition coefficient (Wildman–Crippen LogP) is 3.16. The summed E-state index contributed by atoms with van der Waals surface area (Å²) in [6, 6.07) is 10.1. The Kier molecular flexibility index (Phi) is 8.05. The Morgan fingerprint density at radius 1 is 1.19 bits per heavy atom. The van der Waals surface area contributed by atoms with E-state index >= 15 is 0 Å². The van der Waals surface area contributed by atoms with Crippen molar-refractivity contribution in [2.24, 2.45) is 4.99 Å². The molecule has 138 valence electrons.